The molecule has 0 aromatic heterocycles. The Hall–Kier alpha value is -0.590. The zero-order valence-corrected chi connectivity index (χ0v) is 24.2. The summed E-state index contributed by atoms with van der Waals surface area (Å²) < 4.78 is 0. The van der Waals surface area contributed by atoms with Gasteiger partial charge in [0.15, 0.2) is 0 Å². The average molecular weight is 511 g/mol. The first-order valence-electron chi connectivity index (χ1n) is 14.1. The summed E-state index contributed by atoms with van der Waals surface area (Å²) in [5.41, 5.74) is 4.42. The monoisotopic (exact) mass is 510 g/mol. The van der Waals surface area contributed by atoms with Crippen LogP contribution in [0.3, 0.4) is 0 Å². The Morgan fingerprint density at radius 1 is 1.11 bits per heavy atom. The molecule has 4 atom stereocenters. The number of rotatable bonds is 8. The van der Waals surface area contributed by atoms with Gasteiger partial charge in [-0.2, -0.15) is 11.8 Å². The van der Waals surface area contributed by atoms with Gasteiger partial charge in [0.05, 0.1) is 24.9 Å². The number of fused-ring (bicyclic) bond motifs is 1. The smallest absolute Gasteiger partial charge is 0.0732 e. The van der Waals surface area contributed by atoms with Crippen LogP contribution in [0.2, 0.25) is 0 Å². The molecule has 2 fully saturated rings. The maximum atomic E-state index is 10.7. The molecule has 0 spiro atoms. The van der Waals surface area contributed by atoms with Crippen molar-refractivity contribution in [2.75, 3.05) is 19.0 Å². The summed E-state index contributed by atoms with van der Waals surface area (Å²) in [6.45, 7) is 12.8. The topological polar surface area (TPSA) is 80.9 Å². The van der Waals surface area contributed by atoms with Crippen LogP contribution in [0.1, 0.15) is 106 Å². The van der Waals surface area contributed by atoms with E-state index >= 15 is 0 Å². The largest absolute Gasteiger partial charge is 0.394 e. The molecule has 0 saturated heterocycles. The van der Waals surface area contributed by atoms with Crippen molar-refractivity contribution >= 4 is 11.8 Å². The van der Waals surface area contributed by atoms with Crippen molar-refractivity contribution in [1.82, 2.24) is 0 Å². The third kappa shape index (κ3) is 9.34. The van der Waals surface area contributed by atoms with Crippen molar-refractivity contribution in [3.8, 4) is 0 Å². The molecule has 0 amide bonds. The minimum absolute atomic E-state index is 0.125. The molecular weight excluding hydrogens is 456 g/mol. The number of thioether (sulfide) groups is 1. The van der Waals surface area contributed by atoms with E-state index in [-0.39, 0.29) is 24.7 Å². The molecule has 0 heterocycles. The maximum absolute atomic E-state index is 10.7. The molecule has 3 rings (SSSR count). The summed E-state index contributed by atoms with van der Waals surface area (Å²) in [7, 11) is 0. The van der Waals surface area contributed by atoms with Gasteiger partial charge in [-0.3, -0.25) is 0 Å². The number of aliphatic hydroxyl groups is 4. The van der Waals surface area contributed by atoms with Gasteiger partial charge in [0.25, 0.3) is 0 Å². The van der Waals surface area contributed by atoms with E-state index in [0.717, 1.165) is 44.3 Å². The van der Waals surface area contributed by atoms with Crippen molar-refractivity contribution < 1.29 is 20.4 Å². The molecule has 4 nitrogen and oxygen atoms in total. The second kappa shape index (κ2) is 16.3. The lowest BCUT2D eigenvalue weighted by Gasteiger charge is -2.42. The van der Waals surface area contributed by atoms with E-state index in [4.69, 9.17) is 10.2 Å². The minimum atomic E-state index is -0.521. The second-order valence-electron chi connectivity index (χ2n) is 10.4. The molecule has 2 unspecified atom stereocenters. The van der Waals surface area contributed by atoms with Crippen LogP contribution in [0.5, 0.6) is 0 Å². The number of hydrogen-bond donors (Lipinski definition) is 4. The molecule has 35 heavy (non-hydrogen) atoms. The van der Waals surface area contributed by atoms with Crippen LogP contribution in [0.25, 0.3) is 0 Å². The Bertz CT molecular complexity index is 692. The lowest BCUT2D eigenvalue weighted by atomic mass is 9.64. The Balaban J connectivity index is 0.000000926. The Kier molecular flexibility index (Phi) is 15.1. The molecule has 0 bridgehead atoms. The van der Waals surface area contributed by atoms with Crippen LogP contribution in [0.4, 0.5) is 0 Å². The summed E-state index contributed by atoms with van der Waals surface area (Å²) in [6.07, 6.45) is 17.8. The highest BCUT2D eigenvalue weighted by Gasteiger charge is 2.46. The third-order valence-corrected chi connectivity index (χ3v) is 9.59. The van der Waals surface area contributed by atoms with Gasteiger partial charge in [-0.05, 0) is 82.5 Å². The second-order valence-corrected chi connectivity index (χ2v) is 11.7. The molecule has 3 aliphatic carbocycles. The summed E-state index contributed by atoms with van der Waals surface area (Å²) in [6, 6.07) is 0. The van der Waals surface area contributed by atoms with Crippen molar-refractivity contribution in [2.45, 2.75) is 123 Å². The van der Waals surface area contributed by atoms with Crippen molar-refractivity contribution in [2.24, 2.45) is 11.3 Å². The molecule has 204 valence electrons. The predicted octanol–water partition coefficient (Wildman–Crippen LogP) is 6.58. The Morgan fingerprint density at radius 3 is 2.34 bits per heavy atom. The van der Waals surface area contributed by atoms with E-state index in [1.54, 1.807) is 11.1 Å². The van der Waals surface area contributed by atoms with Crippen LogP contribution in [-0.2, 0) is 0 Å². The van der Waals surface area contributed by atoms with Crippen LogP contribution in [-0.4, -0.2) is 56.3 Å². The van der Waals surface area contributed by atoms with Gasteiger partial charge in [-0.15, -0.1) is 0 Å². The van der Waals surface area contributed by atoms with Gasteiger partial charge >= 0.3 is 0 Å². The van der Waals surface area contributed by atoms with E-state index < -0.39 is 5.60 Å². The summed E-state index contributed by atoms with van der Waals surface area (Å²) in [5, 5.41) is 36.4. The fourth-order valence-electron chi connectivity index (χ4n) is 5.75. The average Bonchev–Trinajstić information content (AvgIpc) is 3.24. The third-order valence-electron chi connectivity index (χ3n) is 8.13. The Labute approximate surface area is 220 Å². The van der Waals surface area contributed by atoms with Gasteiger partial charge in [-0.25, -0.2) is 0 Å². The molecule has 0 aromatic carbocycles. The SMILES string of the molecule is CC.CCC(O)(CC)CS[C@H](C)C1=CCC2/C(=C/C=C3/CCC[C@H](O)C3)CCCC12C.OCCO. The van der Waals surface area contributed by atoms with Crippen LogP contribution in [0, 0.1) is 11.3 Å². The van der Waals surface area contributed by atoms with Gasteiger partial charge in [0.1, 0.15) is 0 Å². The number of aliphatic hydroxyl groups excluding tert-OH is 3. The fourth-order valence-corrected chi connectivity index (χ4v) is 7.27. The van der Waals surface area contributed by atoms with Gasteiger partial charge in [0, 0.05) is 11.0 Å². The van der Waals surface area contributed by atoms with Gasteiger partial charge in [0.2, 0.25) is 0 Å². The summed E-state index contributed by atoms with van der Waals surface area (Å²) in [5.74, 6) is 1.46. The molecule has 0 aromatic rings. The lowest BCUT2D eigenvalue weighted by molar-refractivity contribution is 0.0571. The summed E-state index contributed by atoms with van der Waals surface area (Å²) in [4.78, 5) is 0. The van der Waals surface area contributed by atoms with Crippen molar-refractivity contribution in [3.63, 3.8) is 0 Å². The molecule has 0 aliphatic heterocycles. The lowest BCUT2D eigenvalue weighted by Crippen LogP contribution is -2.35. The maximum Gasteiger partial charge on any atom is 0.0732 e. The van der Waals surface area contributed by atoms with E-state index in [1.807, 2.05) is 25.6 Å². The first-order valence-corrected chi connectivity index (χ1v) is 15.1. The highest BCUT2D eigenvalue weighted by atomic mass is 32.2. The van der Waals surface area contributed by atoms with Crippen molar-refractivity contribution in [3.05, 3.63) is 34.9 Å². The molecule has 0 radical (unpaired) electrons. The number of allylic oxidation sites excluding steroid dienone is 4. The predicted molar refractivity (Wildman–Crippen MR) is 152 cm³/mol. The zero-order chi connectivity index (χ0) is 26.5. The fraction of sp³-hybridized carbons (Fsp3) is 0.800. The first kappa shape index (κ1) is 32.4. The standard InChI is InChI=1S/C26H42O2S.C2H6O2.C2H6/c1-5-26(28,6-2)18-29-19(3)23-14-15-24-21(10-8-16-25(23,24)4)13-12-20-9-7-11-22(27)17-20;3-1-2-4;1-2/h12-14,19,22,24,27-28H,5-11,15-18H2,1-4H3;3-4H,1-2H2;1-2H3/b20-12-,21-13+;;/t19-,22+,24?,25?;;/m1../s1. The first-order chi connectivity index (χ1) is 16.7. The molecule has 3 aliphatic rings. The molecule has 2 saturated carbocycles. The van der Waals surface area contributed by atoms with Crippen LogP contribution >= 0.6 is 11.8 Å². The van der Waals surface area contributed by atoms with E-state index in [2.05, 4.69) is 45.9 Å². The zero-order valence-electron chi connectivity index (χ0n) is 23.4. The van der Waals surface area contributed by atoms with Gasteiger partial charge < -0.3 is 20.4 Å². The minimum Gasteiger partial charge on any atom is -0.394 e. The van der Waals surface area contributed by atoms with E-state index in [1.165, 1.54) is 31.3 Å². The van der Waals surface area contributed by atoms with E-state index in [9.17, 15) is 10.2 Å². The van der Waals surface area contributed by atoms with Crippen molar-refractivity contribution in [1.29, 1.82) is 0 Å². The Morgan fingerprint density at radius 2 is 1.77 bits per heavy atom. The molecular formula is C30H54O4S. The van der Waals surface area contributed by atoms with E-state index in [0.29, 0.717) is 11.2 Å². The normalized spacial score (nSPS) is 29.5. The molecule has 4 N–H and O–H groups in total. The van der Waals surface area contributed by atoms with Crippen LogP contribution in [0.15, 0.2) is 34.9 Å². The van der Waals surface area contributed by atoms with Gasteiger partial charge in [-0.1, -0.05) is 69.6 Å². The number of hydrogen-bond acceptors (Lipinski definition) is 5. The highest BCUT2D eigenvalue weighted by Crippen LogP contribution is 2.56. The highest BCUT2D eigenvalue weighted by molar-refractivity contribution is 8.00. The summed E-state index contributed by atoms with van der Waals surface area (Å²) >= 11 is 1.94. The quantitative estimate of drug-likeness (QED) is 0.277. The molecule has 5 heteroatoms. The van der Waals surface area contributed by atoms with Crippen LogP contribution < -0.4 is 0 Å².